The van der Waals surface area contributed by atoms with Crippen LogP contribution in [0, 0.1) is 6.92 Å². The Morgan fingerprint density at radius 3 is 2.32 bits per heavy atom. The van der Waals surface area contributed by atoms with Crippen molar-refractivity contribution in [3.8, 4) is 5.75 Å². The molecular weight excluding hydrogens is 436 g/mol. The van der Waals surface area contributed by atoms with Crippen molar-refractivity contribution in [2.75, 3.05) is 20.3 Å². The molecule has 2 aromatic carbocycles. The van der Waals surface area contributed by atoms with Gasteiger partial charge >= 0.3 is 0 Å². The van der Waals surface area contributed by atoms with Crippen molar-refractivity contribution in [2.24, 2.45) is 0 Å². The van der Waals surface area contributed by atoms with Gasteiger partial charge in [0.05, 0.1) is 13.2 Å². The lowest BCUT2D eigenvalue weighted by molar-refractivity contribution is -0.231. The monoisotopic (exact) mass is 472 g/mol. The van der Waals surface area contributed by atoms with Crippen LogP contribution in [-0.2, 0) is 15.9 Å². The van der Waals surface area contributed by atoms with E-state index in [1.54, 1.807) is 7.11 Å². The maximum Gasteiger partial charge on any atom is 0.132 e. The largest absolute Gasteiger partial charge is 0.485 e. The Morgan fingerprint density at radius 2 is 1.68 bits per heavy atom. The molecule has 2 aromatic rings. The third-order valence-corrected chi connectivity index (χ3v) is 7.17. The van der Waals surface area contributed by atoms with Gasteiger partial charge in [-0.25, -0.2) is 0 Å². The summed E-state index contributed by atoms with van der Waals surface area (Å²) in [5.74, 6) is 0.842. The number of rotatable bonds is 8. The molecule has 0 aromatic heterocycles. The van der Waals surface area contributed by atoms with E-state index in [9.17, 15) is 20.4 Å². The number of hydrogen-bond acceptors (Lipinski definition) is 7. The molecule has 0 radical (unpaired) electrons. The van der Waals surface area contributed by atoms with E-state index in [0.29, 0.717) is 18.6 Å². The van der Waals surface area contributed by atoms with Gasteiger partial charge in [0.25, 0.3) is 0 Å². The fourth-order valence-electron chi connectivity index (χ4n) is 5.14. The van der Waals surface area contributed by atoms with Gasteiger partial charge in [-0.1, -0.05) is 30.3 Å². The van der Waals surface area contributed by atoms with Gasteiger partial charge in [0.1, 0.15) is 41.9 Å². The molecule has 34 heavy (non-hydrogen) atoms. The summed E-state index contributed by atoms with van der Waals surface area (Å²) in [7, 11) is 1.72. The molecular formula is C27H36O7. The van der Waals surface area contributed by atoms with E-state index >= 15 is 0 Å². The minimum absolute atomic E-state index is 0.230. The first-order chi connectivity index (χ1) is 16.4. The first-order valence-electron chi connectivity index (χ1n) is 12.0. The molecule has 5 atom stereocenters. The average Bonchev–Trinajstić information content (AvgIpc) is 3.29. The summed E-state index contributed by atoms with van der Waals surface area (Å²) in [6, 6.07) is 13.9. The fraction of sp³-hybridized carbons (Fsp3) is 0.556. The summed E-state index contributed by atoms with van der Waals surface area (Å²) >= 11 is 0. The number of methoxy groups -OCH3 is 1. The van der Waals surface area contributed by atoms with Crippen molar-refractivity contribution < 1.29 is 34.6 Å². The Kier molecular flexibility index (Phi) is 7.92. The molecule has 4 rings (SSSR count). The normalized spacial score (nSPS) is 28.7. The maximum absolute atomic E-state index is 10.5. The number of hydrogen-bond donors (Lipinski definition) is 4. The predicted molar refractivity (Wildman–Crippen MR) is 127 cm³/mol. The topological polar surface area (TPSA) is 109 Å². The van der Waals surface area contributed by atoms with Crippen molar-refractivity contribution in [3.63, 3.8) is 0 Å². The number of aryl methyl sites for hydroxylation is 1. The first kappa shape index (κ1) is 25.1. The van der Waals surface area contributed by atoms with Gasteiger partial charge in [0.15, 0.2) is 0 Å². The summed E-state index contributed by atoms with van der Waals surface area (Å²) in [5.41, 5.74) is 3.74. The van der Waals surface area contributed by atoms with Gasteiger partial charge in [0.2, 0.25) is 0 Å². The summed E-state index contributed by atoms with van der Waals surface area (Å²) in [5, 5.41) is 40.2. The van der Waals surface area contributed by atoms with E-state index < -0.39 is 37.1 Å². The van der Waals surface area contributed by atoms with E-state index in [4.69, 9.17) is 14.2 Å². The van der Waals surface area contributed by atoms with Crippen LogP contribution in [0.2, 0.25) is 0 Å². The highest BCUT2D eigenvalue weighted by atomic mass is 16.5. The second-order valence-corrected chi connectivity index (χ2v) is 9.68. The number of benzene rings is 2. The van der Waals surface area contributed by atoms with Gasteiger partial charge < -0.3 is 34.6 Å². The van der Waals surface area contributed by atoms with Crippen molar-refractivity contribution in [1.82, 2.24) is 0 Å². The van der Waals surface area contributed by atoms with Crippen LogP contribution >= 0.6 is 0 Å². The Hall–Kier alpha value is -2.00. The van der Waals surface area contributed by atoms with E-state index in [1.807, 2.05) is 37.3 Å². The SMILES string of the molecule is COCC1(Oc2ccc(Cc3cc([C@@H]4O[C@H](CO)[C@@H](O)[C@H](O)[C@H]4O)ccc3C)cc2)CCCC1. The molecule has 1 saturated carbocycles. The second kappa shape index (κ2) is 10.7. The van der Waals surface area contributed by atoms with Crippen LogP contribution < -0.4 is 4.74 Å². The van der Waals surface area contributed by atoms with Crippen LogP contribution in [0.25, 0.3) is 0 Å². The zero-order valence-electron chi connectivity index (χ0n) is 19.9. The molecule has 0 spiro atoms. The summed E-state index contributed by atoms with van der Waals surface area (Å²) < 4.78 is 17.5. The molecule has 1 aliphatic heterocycles. The second-order valence-electron chi connectivity index (χ2n) is 9.68. The standard InChI is InChI=1S/C27H36O7/c1-17-5-8-19(26-25(31)24(30)23(29)22(15-28)33-26)14-20(17)13-18-6-9-21(10-7-18)34-27(16-32-2)11-3-4-12-27/h5-10,14,22-26,28-31H,3-4,11-13,15-16H2,1-2H3/t22-,23-,24+,25-,26+/m1/s1. The molecule has 2 fully saturated rings. The summed E-state index contributed by atoms with van der Waals surface area (Å²) in [6.07, 6.45) is -0.809. The van der Waals surface area contributed by atoms with Crippen LogP contribution in [0.3, 0.4) is 0 Å². The van der Waals surface area contributed by atoms with Gasteiger partial charge in [-0.15, -0.1) is 0 Å². The Morgan fingerprint density at radius 1 is 0.971 bits per heavy atom. The zero-order valence-corrected chi connectivity index (χ0v) is 19.9. The number of aliphatic hydroxyl groups excluding tert-OH is 4. The minimum Gasteiger partial charge on any atom is -0.485 e. The van der Waals surface area contributed by atoms with E-state index in [0.717, 1.165) is 48.1 Å². The van der Waals surface area contributed by atoms with Gasteiger partial charge in [-0.2, -0.15) is 0 Å². The zero-order chi connectivity index (χ0) is 24.3. The molecule has 0 amide bonds. The molecule has 1 heterocycles. The lowest BCUT2D eigenvalue weighted by atomic mass is 9.89. The van der Waals surface area contributed by atoms with Crippen molar-refractivity contribution in [3.05, 3.63) is 64.7 Å². The summed E-state index contributed by atoms with van der Waals surface area (Å²) in [6.45, 7) is 2.18. The van der Waals surface area contributed by atoms with E-state index in [2.05, 4.69) is 12.1 Å². The first-order valence-corrected chi connectivity index (χ1v) is 12.0. The van der Waals surface area contributed by atoms with Gasteiger partial charge in [0, 0.05) is 7.11 Å². The molecule has 0 unspecified atom stereocenters. The minimum atomic E-state index is -1.39. The van der Waals surface area contributed by atoms with Gasteiger partial charge in [-0.3, -0.25) is 0 Å². The highest BCUT2D eigenvalue weighted by molar-refractivity contribution is 5.38. The number of aliphatic hydroxyl groups is 4. The van der Waals surface area contributed by atoms with Crippen LogP contribution in [-0.4, -0.2) is 70.8 Å². The molecule has 2 aliphatic rings. The van der Waals surface area contributed by atoms with Gasteiger partial charge in [-0.05, 0) is 73.4 Å². The molecule has 0 bridgehead atoms. The molecule has 4 N–H and O–H groups in total. The van der Waals surface area contributed by atoms with Crippen LogP contribution in [0.1, 0.15) is 54.0 Å². The quantitative estimate of drug-likeness (QED) is 0.467. The Labute approximate surface area is 200 Å². The maximum atomic E-state index is 10.5. The van der Waals surface area contributed by atoms with Crippen LogP contribution in [0.4, 0.5) is 0 Å². The molecule has 7 heteroatoms. The lowest BCUT2D eigenvalue weighted by Crippen LogP contribution is -2.55. The lowest BCUT2D eigenvalue weighted by Gasteiger charge is -2.40. The molecule has 186 valence electrons. The summed E-state index contributed by atoms with van der Waals surface area (Å²) in [4.78, 5) is 0. The van der Waals surface area contributed by atoms with E-state index in [1.165, 1.54) is 0 Å². The molecule has 1 aliphatic carbocycles. The third kappa shape index (κ3) is 5.30. The Balaban J connectivity index is 1.48. The van der Waals surface area contributed by atoms with Crippen LogP contribution in [0.15, 0.2) is 42.5 Å². The van der Waals surface area contributed by atoms with Crippen molar-refractivity contribution in [2.45, 2.75) is 75.1 Å². The van der Waals surface area contributed by atoms with Crippen LogP contribution in [0.5, 0.6) is 5.75 Å². The van der Waals surface area contributed by atoms with Crippen molar-refractivity contribution >= 4 is 0 Å². The number of ether oxygens (including phenoxy) is 3. The molecule has 7 nitrogen and oxygen atoms in total. The average molecular weight is 473 g/mol. The fourth-order valence-corrected chi connectivity index (χ4v) is 5.14. The highest BCUT2D eigenvalue weighted by Gasteiger charge is 2.44. The Bertz CT molecular complexity index is 936. The van der Waals surface area contributed by atoms with Crippen molar-refractivity contribution in [1.29, 1.82) is 0 Å². The van der Waals surface area contributed by atoms with E-state index in [-0.39, 0.29) is 5.60 Å². The highest BCUT2D eigenvalue weighted by Crippen LogP contribution is 2.36. The molecule has 1 saturated heterocycles. The predicted octanol–water partition coefficient (Wildman–Crippen LogP) is 2.44. The smallest absolute Gasteiger partial charge is 0.132 e. The third-order valence-electron chi connectivity index (χ3n) is 7.17.